The van der Waals surface area contributed by atoms with Crippen molar-refractivity contribution in [2.45, 2.75) is 45.7 Å². The third-order valence-electron chi connectivity index (χ3n) is 3.94. The van der Waals surface area contributed by atoms with E-state index in [-0.39, 0.29) is 0 Å². The average molecular weight is 196 g/mol. The van der Waals surface area contributed by atoms with Gasteiger partial charge in [0.2, 0.25) is 0 Å². The van der Waals surface area contributed by atoms with E-state index >= 15 is 0 Å². The summed E-state index contributed by atoms with van der Waals surface area (Å²) in [7, 11) is 0. The Balaban J connectivity index is 1.80. The molecule has 2 nitrogen and oxygen atoms in total. The fourth-order valence-electron chi connectivity index (χ4n) is 2.86. The molecule has 0 aromatic rings. The molecule has 1 saturated carbocycles. The second-order valence-electron chi connectivity index (χ2n) is 5.21. The van der Waals surface area contributed by atoms with Crippen LogP contribution < -0.4 is 5.32 Å². The zero-order valence-corrected chi connectivity index (χ0v) is 9.79. The maximum absolute atomic E-state index is 3.60. The predicted molar refractivity (Wildman–Crippen MR) is 60.4 cm³/mol. The molecule has 1 aliphatic heterocycles. The largest absolute Gasteiger partial charge is 0.314 e. The molecule has 2 rings (SSSR count). The summed E-state index contributed by atoms with van der Waals surface area (Å²) in [5.41, 5.74) is 0. The van der Waals surface area contributed by atoms with E-state index in [0.29, 0.717) is 0 Å². The highest BCUT2D eigenvalue weighted by molar-refractivity contribution is 4.95. The Labute approximate surface area is 88.1 Å². The van der Waals surface area contributed by atoms with E-state index < -0.39 is 0 Å². The molecule has 1 N–H and O–H groups in total. The van der Waals surface area contributed by atoms with Gasteiger partial charge in [0.25, 0.3) is 0 Å². The number of hydrogen-bond donors (Lipinski definition) is 1. The molecule has 14 heavy (non-hydrogen) atoms. The summed E-state index contributed by atoms with van der Waals surface area (Å²) >= 11 is 0. The standard InChI is InChI=1S/C12H24N2/c1-4-13-11-5-6-14(8-10(11)3)12-7-9(12)2/h9-13H,4-8H2,1-3H3. The van der Waals surface area contributed by atoms with E-state index in [1.807, 2.05) is 0 Å². The molecule has 0 aromatic carbocycles. The molecule has 1 saturated heterocycles. The fourth-order valence-corrected chi connectivity index (χ4v) is 2.86. The summed E-state index contributed by atoms with van der Waals surface area (Å²) in [5, 5.41) is 3.60. The van der Waals surface area contributed by atoms with Crippen molar-refractivity contribution in [3.05, 3.63) is 0 Å². The van der Waals surface area contributed by atoms with Crippen LogP contribution in [-0.4, -0.2) is 36.6 Å². The molecule has 0 radical (unpaired) electrons. The SMILES string of the molecule is CCNC1CCN(C2CC2C)CC1C. The Hall–Kier alpha value is -0.0800. The first-order chi connectivity index (χ1) is 6.72. The van der Waals surface area contributed by atoms with Crippen molar-refractivity contribution in [3.63, 3.8) is 0 Å². The second-order valence-corrected chi connectivity index (χ2v) is 5.21. The van der Waals surface area contributed by atoms with Crippen LogP contribution in [0.2, 0.25) is 0 Å². The Morgan fingerprint density at radius 3 is 2.50 bits per heavy atom. The van der Waals surface area contributed by atoms with E-state index in [1.165, 1.54) is 25.9 Å². The van der Waals surface area contributed by atoms with E-state index in [0.717, 1.165) is 30.5 Å². The van der Waals surface area contributed by atoms with Crippen molar-refractivity contribution in [2.24, 2.45) is 11.8 Å². The van der Waals surface area contributed by atoms with Crippen LogP contribution >= 0.6 is 0 Å². The number of likely N-dealkylation sites (tertiary alicyclic amines) is 1. The fraction of sp³-hybridized carbons (Fsp3) is 1.00. The third-order valence-corrected chi connectivity index (χ3v) is 3.94. The summed E-state index contributed by atoms with van der Waals surface area (Å²) < 4.78 is 0. The highest BCUT2D eigenvalue weighted by Crippen LogP contribution is 2.37. The summed E-state index contributed by atoms with van der Waals surface area (Å²) in [6.07, 6.45) is 2.79. The van der Waals surface area contributed by atoms with Crippen molar-refractivity contribution in [3.8, 4) is 0 Å². The van der Waals surface area contributed by atoms with Gasteiger partial charge >= 0.3 is 0 Å². The van der Waals surface area contributed by atoms with Crippen LogP contribution in [0.4, 0.5) is 0 Å². The van der Waals surface area contributed by atoms with Gasteiger partial charge in [0.15, 0.2) is 0 Å². The van der Waals surface area contributed by atoms with E-state index in [2.05, 4.69) is 31.0 Å². The molecule has 0 amide bonds. The number of rotatable bonds is 3. The maximum Gasteiger partial charge on any atom is 0.0125 e. The minimum Gasteiger partial charge on any atom is -0.314 e. The number of nitrogens with one attached hydrogen (secondary N) is 1. The molecule has 4 atom stereocenters. The molecule has 2 heteroatoms. The lowest BCUT2D eigenvalue weighted by molar-refractivity contribution is 0.136. The van der Waals surface area contributed by atoms with Gasteiger partial charge in [-0.15, -0.1) is 0 Å². The molecule has 2 aliphatic rings. The topological polar surface area (TPSA) is 15.3 Å². The molecule has 0 bridgehead atoms. The smallest absolute Gasteiger partial charge is 0.0125 e. The van der Waals surface area contributed by atoms with Gasteiger partial charge in [-0.25, -0.2) is 0 Å². The van der Waals surface area contributed by atoms with Crippen LogP contribution in [0.15, 0.2) is 0 Å². The quantitative estimate of drug-likeness (QED) is 0.739. The van der Waals surface area contributed by atoms with Gasteiger partial charge in [0.05, 0.1) is 0 Å². The number of nitrogens with zero attached hydrogens (tertiary/aromatic N) is 1. The first-order valence-corrected chi connectivity index (χ1v) is 6.19. The Morgan fingerprint density at radius 2 is 2.00 bits per heavy atom. The zero-order valence-electron chi connectivity index (χ0n) is 9.79. The zero-order chi connectivity index (χ0) is 10.1. The lowest BCUT2D eigenvalue weighted by Gasteiger charge is -2.37. The van der Waals surface area contributed by atoms with Crippen LogP contribution in [0.25, 0.3) is 0 Å². The lowest BCUT2D eigenvalue weighted by atomic mass is 9.93. The molecule has 1 aliphatic carbocycles. The van der Waals surface area contributed by atoms with Crippen molar-refractivity contribution >= 4 is 0 Å². The molecule has 82 valence electrons. The van der Waals surface area contributed by atoms with Crippen LogP contribution in [0.5, 0.6) is 0 Å². The van der Waals surface area contributed by atoms with Gasteiger partial charge in [0.1, 0.15) is 0 Å². The van der Waals surface area contributed by atoms with Gasteiger partial charge in [-0.3, -0.25) is 4.90 Å². The first-order valence-electron chi connectivity index (χ1n) is 6.19. The van der Waals surface area contributed by atoms with Gasteiger partial charge < -0.3 is 5.32 Å². The normalized spacial score (nSPS) is 43.9. The summed E-state index contributed by atoms with van der Waals surface area (Å²) in [6.45, 7) is 10.7. The second kappa shape index (κ2) is 4.19. The van der Waals surface area contributed by atoms with Crippen LogP contribution in [0, 0.1) is 11.8 Å². The van der Waals surface area contributed by atoms with Crippen LogP contribution in [-0.2, 0) is 0 Å². The van der Waals surface area contributed by atoms with Crippen LogP contribution in [0.3, 0.4) is 0 Å². The molecule has 4 unspecified atom stereocenters. The van der Waals surface area contributed by atoms with Gasteiger partial charge in [-0.2, -0.15) is 0 Å². The van der Waals surface area contributed by atoms with Gasteiger partial charge in [-0.05, 0) is 37.8 Å². The van der Waals surface area contributed by atoms with E-state index in [1.54, 1.807) is 0 Å². The van der Waals surface area contributed by atoms with Gasteiger partial charge in [0, 0.05) is 18.6 Å². The highest BCUT2D eigenvalue weighted by Gasteiger charge is 2.40. The van der Waals surface area contributed by atoms with Gasteiger partial charge in [-0.1, -0.05) is 20.8 Å². The molecular formula is C12H24N2. The van der Waals surface area contributed by atoms with E-state index in [4.69, 9.17) is 0 Å². The predicted octanol–water partition coefficient (Wildman–Crippen LogP) is 1.71. The molecule has 0 spiro atoms. The van der Waals surface area contributed by atoms with Crippen LogP contribution in [0.1, 0.15) is 33.6 Å². The monoisotopic (exact) mass is 196 g/mol. The number of piperidine rings is 1. The van der Waals surface area contributed by atoms with Crippen molar-refractivity contribution in [1.29, 1.82) is 0 Å². The lowest BCUT2D eigenvalue weighted by Crippen LogP contribution is -2.49. The van der Waals surface area contributed by atoms with E-state index in [9.17, 15) is 0 Å². The Morgan fingerprint density at radius 1 is 1.29 bits per heavy atom. The minimum absolute atomic E-state index is 0.769. The molecule has 2 fully saturated rings. The molecule has 0 aromatic heterocycles. The minimum atomic E-state index is 0.769. The van der Waals surface area contributed by atoms with Crippen molar-refractivity contribution in [2.75, 3.05) is 19.6 Å². The average Bonchev–Trinajstić information content (AvgIpc) is 2.87. The Bertz CT molecular complexity index is 193. The summed E-state index contributed by atoms with van der Waals surface area (Å²) in [4.78, 5) is 2.71. The first kappa shape index (κ1) is 10.4. The molecule has 1 heterocycles. The molecular weight excluding hydrogens is 172 g/mol. The van der Waals surface area contributed by atoms with Crippen molar-refractivity contribution < 1.29 is 0 Å². The maximum atomic E-state index is 3.60. The third kappa shape index (κ3) is 2.12. The Kier molecular flexibility index (Phi) is 3.13. The number of hydrogen-bond acceptors (Lipinski definition) is 2. The summed E-state index contributed by atoms with van der Waals surface area (Å²) in [5.74, 6) is 1.80. The highest BCUT2D eigenvalue weighted by atomic mass is 15.2. The van der Waals surface area contributed by atoms with Crippen molar-refractivity contribution in [1.82, 2.24) is 10.2 Å². The summed E-state index contributed by atoms with van der Waals surface area (Å²) in [6, 6.07) is 1.70.